The van der Waals surface area contributed by atoms with Crippen LogP contribution in [0.2, 0.25) is 0 Å². The summed E-state index contributed by atoms with van der Waals surface area (Å²) in [6, 6.07) is 75.2. The van der Waals surface area contributed by atoms with Crippen molar-refractivity contribution in [3.8, 4) is 0 Å². The molecule has 9 aromatic rings. The summed E-state index contributed by atoms with van der Waals surface area (Å²) in [7, 11) is 2.04. The van der Waals surface area contributed by atoms with Crippen molar-refractivity contribution >= 4 is 45.3 Å². The van der Waals surface area contributed by atoms with Gasteiger partial charge in [0, 0.05) is 33.4 Å². The fourth-order valence-electron chi connectivity index (χ4n) is 5.87. The second-order valence-corrected chi connectivity index (χ2v) is 16.1. The topological polar surface area (TPSA) is 77.1 Å². The van der Waals surface area contributed by atoms with Gasteiger partial charge in [-0.05, 0) is 43.5 Å². The van der Waals surface area contributed by atoms with E-state index in [1.165, 1.54) is 24.0 Å². The van der Waals surface area contributed by atoms with Crippen molar-refractivity contribution in [1.82, 2.24) is 4.57 Å². The van der Waals surface area contributed by atoms with Gasteiger partial charge in [-0.2, -0.15) is 0 Å². The zero-order valence-electron chi connectivity index (χ0n) is 44.2. The molecule has 0 bridgehead atoms. The molecule has 0 aliphatic heterocycles. The number of rotatable bonds is 9. The van der Waals surface area contributed by atoms with Crippen LogP contribution in [0.5, 0.6) is 0 Å². The van der Waals surface area contributed by atoms with Gasteiger partial charge in [0.05, 0.1) is 13.6 Å². The van der Waals surface area contributed by atoms with Crippen LogP contribution in [0.3, 0.4) is 0 Å². The number of hydrogen-bond acceptors (Lipinski definition) is 4. The lowest BCUT2D eigenvalue weighted by Crippen LogP contribution is -2.23. The largest absolute Gasteiger partial charge is 0.289 e. The number of benzene rings is 8. The van der Waals surface area contributed by atoms with Crippen molar-refractivity contribution in [2.24, 2.45) is 7.05 Å². The molecule has 0 saturated heterocycles. The second-order valence-electron chi connectivity index (χ2n) is 15.4. The van der Waals surface area contributed by atoms with Crippen LogP contribution < -0.4 is 4.57 Å². The third kappa shape index (κ3) is 29.5. The summed E-state index contributed by atoms with van der Waals surface area (Å²) in [5, 5.41) is -0.814. The van der Waals surface area contributed by atoms with E-state index in [2.05, 4.69) is 72.9 Å². The molecular formula is C66H73Cl2N2O4+. The van der Waals surface area contributed by atoms with E-state index in [0.29, 0.717) is 11.1 Å². The number of halogens is 2. The van der Waals surface area contributed by atoms with Gasteiger partial charge in [0.25, 0.3) is 10.5 Å². The molecule has 0 amide bonds. The minimum Gasteiger partial charge on any atom is -0.289 e. The van der Waals surface area contributed by atoms with E-state index >= 15 is 0 Å². The van der Waals surface area contributed by atoms with Gasteiger partial charge >= 0.3 is 0 Å². The minimum atomic E-state index is -0.407. The molecular weight excluding hydrogens is 956 g/mol. The normalized spacial score (nSPS) is 9.05. The molecule has 0 aliphatic rings. The maximum atomic E-state index is 11.8. The van der Waals surface area contributed by atoms with Crippen LogP contribution in [-0.4, -0.2) is 26.6 Å². The van der Waals surface area contributed by atoms with E-state index in [-0.39, 0.29) is 11.6 Å². The number of unbranched alkanes of at least 4 members (excludes halogenated alkanes) is 1. The summed E-state index contributed by atoms with van der Waals surface area (Å²) >= 11 is 10.3. The van der Waals surface area contributed by atoms with E-state index in [0.717, 1.165) is 28.8 Å². The fraction of sp³-hybridized carbons (Fsp3) is 0.167. The maximum absolute atomic E-state index is 11.8. The first-order chi connectivity index (χ1) is 36.0. The van der Waals surface area contributed by atoms with Crippen molar-refractivity contribution in [1.29, 1.82) is 0 Å². The van der Waals surface area contributed by atoms with Gasteiger partial charge in [0.1, 0.15) is 12.4 Å². The lowest BCUT2D eigenvalue weighted by Gasteiger charge is -1.99. The zero-order valence-corrected chi connectivity index (χ0v) is 45.7. The van der Waals surface area contributed by atoms with Crippen LogP contribution in [0, 0.1) is 13.8 Å². The predicted molar refractivity (Wildman–Crippen MR) is 311 cm³/mol. The zero-order chi connectivity index (χ0) is 54.6. The Morgan fingerprint density at radius 3 is 0.784 bits per heavy atom. The number of hydrogen-bond donors (Lipinski definition) is 0. The predicted octanol–water partition coefficient (Wildman–Crippen LogP) is 17.1. The van der Waals surface area contributed by atoms with E-state index in [9.17, 15) is 19.2 Å². The standard InChI is InChI=1S/2C13H10O.C8H15N2.2C7H5ClO.2C7H8.2C2H6/c2*14-13(11-7-3-1-4-8-11)12-9-5-2-6-10-12;1-3-4-5-10-7-6-9(2)8-10;2*8-7(9)6-4-2-1-3-5-6;2*1-7-5-3-2-4-6-7;2*1-2/h2*1-10H;6-8H,3-5H2,1-2H3;2*1-5H;2*2-6H,1H3;2*1-2H3/q;;+1;;;;;;. The first kappa shape index (κ1) is 64.2. The molecule has 8 heteroatoms. The quantitative estimate of drug-likeness (QED) is 0.0820. The Morgan fingerprint density at radius 2 is 0.622 bits per heavy atom. The molecule has 74 heavy (non-hydrogen) atoms. The average molecular weight is 1030 g/mol. The lowest BCUT2D eigenvalue weighted by molar-refractivity contribution is -0.671. The summed E-state index contributed by atoms with van der Waals surface area (Å²) in [6.07, 6.45) is 8.82. The first-order valence-electron chi connectivity index (χ1n) is 24.8. The molecule has 0 N–H and O–H groups in total. The summed E-state index contributed by atoms with van der Waals surface area (Å²) < 4.78 is 4.28. The molecule has 0 aliphatic carbocycles. The Balaban J connectivity index is 0.000000433. The van der Waals surface area contributed by atoms with Gasteiger partial charge < -0.3 is 0 Å². The van der Waals surface area contributed by atoms with Crippen molar-refractivity contribution in [3.63, 3.8) is 0 Å². The molecule has 9 rings (SSSR count). The van der Waals surface area contributed by atoms with Crippen LogP contribution in [0.1, 0.15) is 111 Å². The van der Waals surface area contributed by atoms with Gasteiger partial charge in [-0.15, -0.1) is 0 Å². The Hall–Kier alpha value is -7.77. The summed E-state index contributed by atoms with van der Waals surface area (Å²) in [5.74, 6) is 0.150. The van der Waals surface area contributed by atoms with Crippen molar-refractivity contribution < 1.29 is 23.7 Å². The number of aromatic nitrogens is 2. The molecule has 8 aromatic carbocycles. The van der Waals surface area contributed by atoms with Crippen LogP contribution in [0.15, 0.2) is 261 Å². The first-order valence-corrected chi connectivity index (χ1v) is 25.6. The number of carbonyl (C=O) groups is 4. The molecule has 1 aromatic heterocycles. The average Bonchev–Trinajstić information content (AvgIpc) is 3.90. The van der Waals surface area contributed by atoms with Crippen LogP contribution >= 0.6 is 23.2 Å². The molecule has 0 spiro atoms. The highest BCUT2D eigenvalue weighted by Crippen LogP contribution is 2.10. The molecule has 0 atom stereocenters. The highest BCUT2D eigenvalue weighted by atomic mass is 35.5. The van der Waals surface area contributed by atoms with Gasteiger partial charge in [-0.3, -0.25) is 19.2 Å². The number of imidazole rings is 1. The minimum absolute atomic E-state index is 0.0752. The number of nitrogens with zero attached hydrogens (tertiary/aromatic N) is 2. The highest BCUT2D eigenvalue weighted by molar-refractivity contribution is 6.68. The Bertz CT molecular complexity index is 2520. The number of aryl methyl sites for hydroxylation is 4. The van der Waals surface area contributed by atoms with Crippen molar-refractivity contribution in [2.45, 2.75) is 67.9 Å². The third-order valence-corrected chi connectivity index (χ3v) is 10.1. The van der Waals surface area contributed by atoms with Crippen LogP contribution in [0.25, 0.3) is 0 Å². The van der Waals surface area contributed by atoms with Crippen molar-refractivity contribution in [3.05, 3.63) is 306 Å². The summed E-state index contributed by atoms with van der Waals surface area (Å²) in [5.41, 5.74) is 6.66. The smallest absolute Gasteiger partial charge is 0.252 e. The molecule has 6 nitrogen and oxygen atoms in total. The fourth-order valence-corrected chi connectivity index (χ4v) is 6.13. The van der Waals surface area contributed by atoms with E-state index in [1.54, 1.807) is 48.5 Å². The molecule has 0 radical (unpaired) electrons. The number of ketones is 2. The van der Waals surface area contributed by atoms with Gasteiger partial charge in [-0.25, -0.2) is 9.13 Å². The summed E-state index contributed by atoms with van der Waals surface area (Å²) in [6.45, 7) is 15.5. The van der Waals surface area contributed by atoms with E-state index in [1.807, 2.05) is 205 Å². The SMILES string of the molecule is CC.CC.CCCCn1cc[n+](C)c1.Cc1ccccc1.Cc1ccccc1.O=C(Cl)c1ccccc1.O=C(Cl)c1ccccc1.O=C(c1ccccc1)c1ccccc1.O=C(c1ccccc1)c1ccccc1. The highest BCUT2D eigenvalue weighted by Gasteiger charge is 2.07. The van der Waals surface area contributed by atoms with Gasteiger partial charge in [-0.1, -0.05) is 295 Å². The molecule has 1 heterocycles. The summed E-state index contributed by atoms with van der Waals surface area (Å²) in [4.78, 5) is 44.5. The molecule has 384 valence electrons. The number of carbonyl (C=O) groups excluding carboxylic acids is 4. The Morgan fingerprint density at radius 1 is 0.392 bits per heavy atom. The molecule has 0 saturated carbocycles. The molecule has 0 unspecified atom stereocenters. The Labute approximate surface area is 452 Å². The monoisotopic (exact) mass is 1030 g/mol. The van der Waals surface area contributed by atoms with Crippen LogP contribution in [-0.2, 0) is 13.6 Å². The van der Waals surface area contributed by atoms with E-state index in [4.69, 9.17) is 23.2 Å². The second kappa shape index (κ2) is 41.8. The van der Waals surface area contributed by atoms with Crippen LogP contribution in [0.4, 0.5) is 0 Å². The lowest BCUT2D eigenvalue weighted by atomic mass is 10.0. The van der Waals surface area contributed by atoms with E-state index < -0.39 is 10.5 Å². The van der Waals surface area contributed by atoms with Gasteiger partial charge in [0.2, 0.25) is 6.33 Å². The molecule has 0 fully saturated rings. The van der Waals surface area contributed by atoms with Gasteiger partial charge in [0.15, 0.2) is 11.6 Å². The maximum Gasteiger partial charge on any atom is 0.252 e. The third-order valence-electron chi connectivity index (χ3n) is 9.62. The Kier molecular flexibility index (Phi) is 36.3. The van der Waals surface area contributed by atoms with Crippen molar-refractivity contribution in [2.75, 3.05) is 0 Å².